The van der Waals surface area contributed by atoms with Gasteiger partial charge in [-0.2, -0.15) is 0 Å². The van der Waals surface area contributed by atoms with E-state index in [1.165, 1.54) is 11.2 Å². The average molecular weight is 506 g/mol. The summed E-state index contributed by atoms with van der Waals surface area (Å²) in [5, 5.41) is 9.36. The zero-order valence-corrected chi connectivity index (χ0v) is 21.1. The van der Waals surface area contributed by atoms with E-state index in [-0.39, 0.29) is 35.6 Å². The fraction of sp³-hybridized carbons (Fsp3) is 0.370. The maximum absolute atomic E-state index is 13.2. The first-order valence-corrected chi connectivity index (χ1v) is 12.3. The van der Waals surface area contributed by atoms with Crippen LogP contribution in [0.5, 0.6) is 0 Å². The molecule has 1 saturated heterocycles. The lowest BCUT2D eigenvalue weighted by atomic mass is 10.0. The number of aromatic nitrogens is 1. The number of pyridine rings is 1. The molecule has 2 atom stereocenters. The van der Waals surface area contributed by atoms with Crippen molar-refractivity contribution in [3.05, 3.63) is 66.2 Å². The number of hydrogen-bond acceptors (Lipinski definition) is 7. The highest BCUT2D eigenvalue weighted by molar-refractivity contribution is 6.00. The minimum Gasteiger partial charge on any atom is -0.451 e. The van der Waals surface area contributed by atoms with Gasteiger partial charge in [-0.3, -0.25) is 29.2 Å². The zero-order chi connectivity index (χ0) is 26.5. The van der Waals surface area contributed by atoms with Gasteiger partial charge < -0.3 is 15.1 Å². The molecule has 2 aromatic heterocycles. The van der Waals surface area contributed by atoms with Gasteiger partial charge in [-0.15, -0.1) is 0 Å². The summed E-state index contributed by atoms with van der Waals surface area (Å²) in [6.45, 7) is 4.06. The Hall–Kier alpha value is -4.05. The molecule has 0 spiro atoms. The number of carbonyl (C=O) groups excluding carboxylic acids is 4. The molecule has 2 N–H and O–H groups in total. The lowest BCUT2D eigenvalue weighted by Crippen LogP contribution is -2.53. The predicted octanol–water partition coefficient (Wildman–Crippen LogP) is 2.42. The summed E-state index contributed by atoms with van der Waals surface area (Å²) in [5.41, 5.74) is 0.811. The van der Waals surface area contributed by atoms with Crippen LogP contribution in [-0.4, -0.2) is 70.7 Å². The van der Waals surface area contributed by atoms with E-state index in [0.717, 1.165) is 5.39 Å². The Balaban J connectivity index is 1.44. The van der Waals surface area contributed by atoms with Crippen LogP contribution in [0.25, 0.3) is 11.0 Å². The molecule has 1 aliphatic heterocycles. The second kappa shape index (κ2) is 11.3. The predicted molar refractivity (Wildman–Crippen MR) is 136 cm³/mol. The Labute approximate surface area is 215 Å². The van der Waals surface area contributed by atoms with Gasteiger partial charge in [0.1, 0.15) is 17.3 Å². The van der Waals surface area contributed by atoms with Crippen LogP contribution in [0, 0.1) is 5.92 Å². The van der Waals surface area contributed by atoms with Crippen LogP contribution in [-0.2, 0) is 9.59 Å². The van der Waals surface area contributed by atoms with Crippen LogP contribution in [0.15, 0.2) is 59.1 Å². The molecular weight excluding hydrogens is 474 g/mol. The lowest BCUT2D eigenvalue weighted by molar-refractivity contribution is -0.129. The Bertz CT molecular complexity index is 1260. The molecule has 194 valence electrons. The third-order valence-electron chi connectivity index (χ3n) is 6.26. The van der Waals surface area contributed by atoms with Crippen LogP contribution in [0.3, 0.4) is 0 Å². The number of amides is 3. The molecule has 1 aliphatic rings. The number of nitrogens with one attached hydrogen (secondary N) is 2. The highest BCUT2D eigenvalue weighted by Gasteiger charge is 2.34. The summed E-state index contributed by atoms with van der Waals surface area (Å²) in [5.74, 6) is -1.43. The third-order valence-corrected chi connectivity index (χ3v) is 6.26. The zero-order valence-electron chi connectivity index (χ0n) is 21.1. The molecule has 0 aliphatic carbocycles. The van der Waals surface area contributed by atoms with Crippen molar-refractivity contribution < 1.29 is 23.6 Å². The van der Waals surface area contributed by atoms with Crippen molar-refractivity contribution in [2.45, 2.75) is 38.8 Å². The van der Waals surface area contributed by atoms with E-state index in [1.807, 2.05) is 32.0 Å². The molecule has 10 heteroatoms. The van der Waals surface area contributed by atoms with E-state index in [9.17, 15) is 19.2 Å². The maximum Gasteiger partial charge on any atom is 0.287 e. The van der Waals surface area contributed by atoms with E-state index in [0.29, 0.717) is 25.0 Å². The number of hydrogen-bond donors (Lipinski definition) is 2. The highest BCUT2D eigenvalue weighted by Crippen LogP contribution is 2.19. The molecule has 1 aromatic carbocycles. The van der Waals surface area contributed by atoms with Gasteiger partial charge in [0.05, 0.1) is 12.6 Å². The third kappa shape index (κ3) is 6.21. The minimum atomic E-state index is -0.860. The van der Waals surface area contributed by atoms with Crippen LogP contribution >= 0.6 is 0 Å². The van der Waals surface area contributed by atoms with Crippen LogP contribution in [0.2, 0.25) is 0 Å². The largest absolute Gasteiger partial charge is 0.451 e. The number of fused-ring (bicyclic) bond motifs is 1. The highest BCUT2D eigenvalue weighted by atomic mass is 16.3. The van der Waals surface area contributed by atoms with Gasteiger partial charge in [0, 0.05) is 25.2 Å². The second-order valence-corrected chi connectivity index (χ2v) is 9.58. The number of benzene rings is 1. The summed E-state index contributed by atoms with van der Waals surface area (Å²) in [7, 11) is 1.72. The number of carbonyl (C=O) groups is 4. The monoisotopic (exact) mass is 505 g/mol. The van der Waals surface area contributed by atoms with E-state index in [1.54, 1.807) is 42.4 Å². The molecule has 4 rings (SSSR count). The molecule has 1 fully saturated rings. The normalized spacial score (nSPS) is 17.5. The van der Waals surface area contributed by atoms with E-state index in [4.69, 9.17) is 4.42 Å². The number of furan rings is 1. The SMILES string of the molecule is CC(C)C[C@H](NC(=O)c1cc2ccccc2o1)C(=O)N[C@H]1CCN(C)N(C(=O)c2ccccn2)CC1=O. The lowest BCUT2D eigenvalue weighted by Gasteiger charge is -2.28. The van der Waals surface area contributed by atoms with Gasteiger partial charge in [-0.25, -0.2) is 5.01 Å². The van der Waals surface area contributed by atoms with Crippen LogP contribution in [0.4, 0.5) is 0 Å². The van der Waals surface area contributed by atoms with Crippen molar-refractivity contribution in [3.8, 4) is 0 Å². The molecule has 0 radical (unpaired) electrons. The molecular formula is C27H31N5O5. The first-order chi connectivity index (χ1) is 17.7. The van der Waals surface area contributed by atoms with Crippen molar-refractivity contribution in [2.24, 2.45) is 5.92 Å². The fourth-order valence-electron chi connectivity index (χ4n) is 4.28. The topological polar surface area (TPSA) is 125 Å². The number of nitrogens with zero attached hydrogens (tertiary/aromatic N) is 3. The Morgan fingerprint density at radius 3 is 2.59 bits per heavy atom. The fourth-order valence-corrected chi connectivity index (χ4v) is 4.28. The smallest absolute Gasteiger partial charge is 0.287 e. The van der Waals surface area contributed by atoms with Crippen molar-refractivity contribution in [1.29, 1.82) is 0 Å². The number of rotatable bonds is 7. The Kier molecular flexibility index (Phi) is 7.98. The molecule has 0 saturated carbocycles. The van der Waals surface area contributed by atoms with Crippen molar-refractivity contribution >= 4 is 34.5 Å². The average Bonchev–Trinajstić information content (AvgIpc) is 3.27. The Morgan fingerprint density at radius 1 is 1.14 bits per heavy atom. The molecule has 37 heavy (non-hydrogen) atoms. The van der Waals surface area contributed by atoms with Crippen LogP contribution in [0.1, 0.15) is 47.7 Å². The van der Waals surface area contributed by atoms with Gasteiger partial charge >= 0.3 is 0 Å². The quantitative estimate of drug-likeness (QED) is 0.505. The number of ketones is 1. The van der Waals surface area contributed by atoms with Gasteiger partial charge in [-0.05, 0) is 43.0 Å². The number of para-hydroxylation sites is 1. The second-order valence-electron chi connectivity index (χ2n) is 9.58. The van der Waals surface area contributed by atoms with Crippen molar-refractivity contribution in [2.75, 3.05) is 20.1 Å². The summed E-state index contributed by atoms with van der Waals surface area (Å²) in [4.78, 5) is 56.2. The number of Topliss-reactive ketones (excluding diaryl/α,β-unsaturated/α-hetero) is 1. The van der Waals surface area contributed by atoms with Gasteiger partial charge in [-0.1, -0.05) is 38.1 Å². The molecule has 10 nitrogen and oxygen atoms in total. The van der Waals surface area contributed by atoms with Crippen molar-refractivity contribution in [3.63, 3.8) is 0 Å². The van der Waals surface area contributed by atoms with Crippen LogP contribution < -0.4 is 10.6 Å². The van der Waals surface area contributed by atoms with Gasteiger partial charge in [0.2, 0.25) is 5.91 Å². The summed E-state index contributed by atoms with van der Waals surface area (Å²) < 4.78 is 5.64. The summed E-state index contributed by atoms with van der Waals surface area (Å²) >= 11 is 0. The summed E-state index contributed by atoms with van der Waals surface area (Å²) in [6, 6.07) is 12.2. The number of hydrazine groups is 1. The first kappa shape index (κ1) is 26.0. The van der Waals surface area contributed by atoms with Gasteiger partial charge in [0.15, 0.2) is 11.5 Å². The van der Waals surface area contributed by atoms with E-state index >= 15 is 0 Å². The molecule has 3 aromatic rings. The Morgan fingerprint density at radius 2 is 1.89 bits per heavy atom. The molecule has 3 amide bonds. The minimum absolute atomic E-state index is 0.106. The van der Waals surface area contributed by atoms with E-state index < -0.39 is 23.9 Å². The van der Waals surface area contributed by atoms with Crippen molar-refractivity contribution in [1.82, 2.24) is 25.6 Å². The maximum atomic E-state index is 13.2. The summed E-state index contributed by atoms with van der Waals surface area (Å²) in [6.07, 6.45) is 2.21. The van der Waals surface area contributed by atoms with E-state index in [2.05, 4.69) is 15.6 Å². The molecule has 3 heterocycles. The van der Waals surface area contributed by atoms with Gasteiger partial charge in [0.25, 0.3) is 11.8 Å². The molecule has 0 unspecified atom stereocenters. The molecule has 0 bridgehead atoms. The standard InChI is InChI=1S/C27H31N5O5/c1-17(2)14-21(30-26(35)24-15-18-8-4-5-10-23(18)37-24)25(34)29-19-11-13-31(3)32(16-22(19)33)27(36)20-9-6-7-12-28-20/h4-10,12,15,17,19,21H,11,13-14,16H2,1-3H3,(H,29,34)(H,30,35)/t19-,21-/m0/s1. The first-order valence-electron chi connectivity index (χ1n) is 12.3.